The molecule has 0 aliphatic rings. The molecular weight excluding hydrogens is 346 g/mol. The lowest BCUT2D eigenvalue weighted by atomic mass is 10.2. The Hall–Kier alpha value is -3.68. The molecule has 0 aliphatic carbocycles. The van der Waals surface area contributed by atoms with Crippen molar-refractivity contribution in [2.75, 3.05) is 24.9 Å². The molecule has 27 heavy (non-hydrogen) atoms. The Morgan fingerprint density at radius 2 is 1.81 bits per heavy atom. The van der Waals surface area contributed by atoms with Crippen molar-refractivity contribution in [1.29, 1.82) is 0 Å². The van der Waals surface area contributed by atoms with E-state index in [-0.39, 0.29) is 0 Å². The van der Waals surface area contributed by atoms with Crippen LogP contribution in [0.2, 0.25) is 0 Å². The zero-order valence-corrected chi connectivity index (χ0v) is 15.2. The van der Waals surface area contributed by atoms with E-state index in [1.54, 1.807) is 31.4 Å². The summed E-state index contributed by atoms with van der Waals surface area (Å²) < 4.78 is 10.0. The van der Waals surface area contributed by atoms with Gasteiger partial charge in [-0.3, -0.25) is 0 Å². The maximum absolute atomic E-state index is 11.5. The van der Waals surface area contributed by atoms with Gasteiger partial charge in [-0.05, 0) is 48.9 Å². The van der Waals surface area contributed by atoms with Gasteiger partial charge in [-0.25, -0.2) is 4.79 Å². The minimum atomic E-state index is -0.391. The third-order valence-corrected chi connectivity index (χ3v) is 3.74. The number of hydrogen-bond donors (Lipinski definition) is 2. The molecule has 0 fully saturated rings. The van der Waals surface area contributed by atoms with E-state index in [2.05, 4.69) is 30.6 Å². The third-order valence-electron chi connectivity index (χ3n) is 3.74. The van der Waals surface area contributed by atoms with Crippen LogP contribution in [0.15, 0.2) is 48.7 Å². The van der Waals surface area contributed by atoms with Crippen LogP contribution in [0, 0.1) is 6.92 Å². The Kier molecular flexibility index (Phi) is 5.46. The van der Waals surface area contributed by atoms with Gasteiger partial charge in [0.25, 0.3) is 0 Å². The van der Waals surface area contributed by atoms with Gasteiger partial charge in [0, 0.05) is 5.69 Å². The second-order valence-corrected chi connectivity index (χ2v) is 5.69. The number of carbonyl (C=O) groups excluding carboxylic acids is 1. The third kappa shape index (κ3) is 4.49. The lowest BCUT2D eigenvalue weighted by Gasteiger charge is -2.12. The first kappa shape index (κ1) is 18.1. The molecule has 0 unspecified atom stereocenters. The van der Waals surface area contributed by atoms with E-state index in [4.69, 9.17) is 4.74 Å². The topological polar surface area (TPSA) is 98.3 Å². The number of carbonyl (C=O) groups is 1. The summed E-state index contributed by atoms with van der Waals surface area (Å²) in [5, 5.41) is 14.2. The quantitative estimate of drug-likeness (QED) is 0.641. The number of esters is 1. The maximum Gasteiger partial charge on any atom is 0.337 e. The predicted molar refractivity (Wildman–Crippen MR) is 102 cm³/mol. The lowest BCUT2D eigenvalue weighted by molar-refractivity contribution is 0.0601. The molecule has 1 aromatic heterocycles. The van der Waals surface area contributed by atoms with E-state index in [9.17, 15) is 4.79 Å². The maximum atomic E-state index is 11.5. The highest BCUT2D eigenvalue weighted by Crippen LogP contribution is 2.28. The van der Waals surface area contributed by atoms with E-state index in [0.29, 0.717) is 23.1 Å². The van der Waals surface area contributed by atoms with Gasteiger partial charge in [-0.1, -0.05) is 6.07 Å². The predicted octanol–water partition coefficient (Wildman–Crippen LogP) is 3.46. The molecule has 138 valence electrons. The molecule has 2 N–H and O–H groups in total. The Bertz CT molecular complexity index is 944. The van der Waals surface area contributed by atoms with Gasteiger partial charge in [-0.15, -0.1) is 5.10 Å². The van der Waals surface area contributed by atoms with Crippen molar-refractivity contribution in [2.24, 2.45) is 0 Å². The molecule has 8 nitrogen and oxygen atoms in total. The molecule has 0 radical (unpaired) electrons. The summed E-state index contributed by atoms with van der Waals surface area (Å²) >= 11 is 0. The second kappa shape index (κ2) is 8.13. The summed E-state index contributed by atoms with van der Waals surface area (Å²) in [6.45, 7) is 1.99. The summed E-state index contributed by atoms with van der Waals surface area (Å²) in [5.74, 6) is 1.14. The minimum Gasteiger partial charge on any atom is -0.495 e. The molecule has 8 heteroatoms. The summed E-state index contributed by atoms with van der Waals surface area (Å²) in [6, 6.07) is 12.6. The number of aromatic nitrogens is 3. The fraction of sp³-hybridized carbons (Fsp3) is 0.158. The van der Waals surface area contributed by atoms with Crippen LogP contribution < -0.4 is 15.4 Å². The fourth-order valence-electron chi connectivity index (χ4n) is 2.41. The molecular formula is C19H19N5O3. The van der Waals surface area contributed by atoms with Crippen molar-refractivity contribution in [1.82, 2.24) is 15.2 Å². The Morgan fingerprint density at radius 1 is 1.04 bits per heavy atom. The van der Waals surface area contributed by atoms with Crippen LogP contribution in [-0.2, 0) is 4.74 Å². The number of benzene rings is 2. The molecule has 0 amide bonds. The summed E-state index contributed by atoms with van der Waals surface area (Å²) in [4.78, 5) is 15.9. The van der Waals surface area contributed by atoms with Crippen LogP contribution >= 0.6 is 0 Å². The van der Waals surface area contributed by atoms with Crippen molar-refractivity contribution >= 4 is 29.1 Å². The summed E-state index contributed by atoms with van der Waals surface area (Å²) in [5.41, 5.74) is 3.05. The molecule has 3 aromatic rings. The number of nitrogens with zero attached hydrogens (tertiary/aromatic N) is 3. The molecule has 0 saturated heterocycles. The standard InChI is InChI=1S/C19H19N5O3/c1-12-4-9-16(26-2)15(10-12)22-17-11-20-24-19(23-17)21-14-7-5-13(6-8-14)18(25)27-3/h4-11H,1-3H3,(H2,21,22,23,24). The normalized spacial score (nSPS) is 10.2. The van der Waals surface area contributed by atoms with Gasteiger partial charge in [0.15, 0.2) is 5.82 Å². The van der Waals surface area contributed by atoms with Gasteiger partial charge in [0.1, 0.15) is 5.75 Å². The van der Waals surface area contributed by atoms with Crippen LogP contribution in [0.5, 0.6) is 5.75 Å². The van der Waals surface area contributed by atoms with E-state index in [1.807, 2.05) is 25.1 Å². The average molecular weight is 365 g/mol. The van der Waals surface area contributed by atoms with Gasteiger partial charge in [0.2, 0.25) is 5.95 Å². The minimum absolute atomic E-state index is 0.317. The van der Waals surface area contributed by atoms with Gasteiger partial charge in [0.05, 0.1) is 31.7 Å². The molecule has 0 spiro atoms. The van der Waals surface area contributed by atoms with Gasteiger partial charge >= 0.3 is 5.97 Å². The first-order valence-corrected chi connectivity index (χ1v) is 8.16. The van der Waals surface area contributed by atoms with Gasteiger partial charge < -0.3 is 20.1 Å². The van der Waals surface area contributed by atoms with Crippen molar-refractivity contribution in [3.05, 3.63) is 59.8 Å². The molecule has 2 aromatic carbocycles. The SMILES string of the molecule is COC(=O)c1ccc(Nc2nncc(Nc3cc(C)ccc3OC)n2)cc1. The highest BCUT2D eigenvalue weighted by atomic mass is 16.5. The fourth-order valence-corrected chi connectivity index (χ4v) is 2.41. The summed E-state index contributed by atoms with van der Waals surface area (Å²) in [6.07, 6.45) is 1.52. The smallest absolute Gasteiger partial charge is 0.337 e. The van der Waals surface area contributed by atoms with Crippen LogP contribution in [-0.4, -0.2) is 35.4 Å². The number of rotatable bonds is 6. The molecule has 1 heterocycles. The van der Waals surface area contributed by atoms with Crippen LogP contribution in [0.25, 0.3) is 0 Å². The number of nitrogens with one attached hydrogen (secondary N) is 2. The van der Waals surface area contributed by atoms with Crippen molar-refractivity contribution in [3.8, 4) is 5.75 Å². The first-order chi connectivity index (χ1) is 13.1. The van der Waals surface area contributed by atoms with Crippen LogP contribution in [0.3, 0.4) is 0 Å². The molecule has 0 aliphatic heterocycles. The number of ether oxygens (including phenoxy) is 2. The molecule has 0 saturated carbocycles. The van der Waals surface area contributed by atoms with Crippen LogP contribution in [0.4, 0.5) is 23.1 Å². The zero-order chi connectivity index (χ0) is 19.2. The van der Waals surface area contributed by atoms with Crippen LogP contribution in [0.1, 0.15) is 15.9 Å². The van der Waals surface area contributed by atoms with E-state index in [0.717, 1.165) is 16.9 Å². The highest BCUT2D eigenvalue weighted by molar-refractivity contribution is 5.89. The Morgan fingerprint density at radius 3 is 2.52 bits per heavy atom. The average Bonchev–Trinajstić information content (AvgIpc) is 2.68. The monoisotopic (exact) mass is 365 g/mol. The number of anilines is 4. The van der Waals surface area contributed by atoms with Crippen molar-refractivity contribution in [2.45, 2.75) is 6.92 Å². The number of hydrogen-bond acceptors (Lipinski definition) is 8. The number of methoxy groups -OCH3 is 2. The highest BCUT2D eigenvalue weighted by Gasteiger charge is 2.08. The zero-order valence-electron chi connectivity index (χ0n) is 15.2. The summed E-state index contributed by atoms with van der Waals surface area (Å²) in [7, 11) is 2.95. The van der Waals surface area contributed by atoms with E-state index >= 15 is 0 Å². The Balaban J connectivity index is 1.76. The lowest BCUT2D eigenvalue weighted by Crippen LogP contribution is -2.04. The van der Waals surface area contributed by atoms with Crippen molar-refractivity contribution in [3.63, 3.8) is 0 Å². The molecule has 0 atom stereocenters. The largest absolute Gasteiger partial charge is 0.495 e. The number of aryl methyl sites for hydroxylation is 1. The van der Waals surface area contributed by atoms with E-state index in [1.165, 1.54) is 13.3 Å². The second-order valence-electron chi connectivity index (χ2n) is 5.69. The van der Waals surface area contributed by atoms with Gasteiger partial charge in [-0.2, -0.15) is 10.1 Å². The molecule has 3 rings (SSSR count). The van der Waals surface area contributed by atoms with E-state index < -0.39 is 5.97 Å². The Labute approximate surface area is 156 Å². The molecule has 0 bridgehead atoms. The van der Waals surface area contributed by atoms with Crippen molar-refractivity contribution < 1.29 is 14.3 Å². The first-order valence-electron chi connectivity index (χ1n) is 8.16.